The predicted octanol–water partition coefficient (Wildman–Crippen LogP) is 2.99. The smallest absolute Gasteiger partial charge is 0.145 e. The predicted molar refractivity (Wildman–Crippen MR) is 75.5 cm³/mol. The number of nitriles is 1. The number of ether oxygens (including phenoxy) is 1. The first-order valence-corrected chi connectivity index (χ1v) is 6.03. The summed E-state index contributed by atoms with van der Waals surface area (Å²) in [5, 5.41) is 12.5. The van der Waals surface area contributed by atoms with Crippen LogP contribution in [0.3, 0.4) is 0 Å². The number of hydrogen-bond donors (Lipinski definition) is 0. The molecule has 4 nitrogen and oxygen atoms in total. The van der Waals surface area contributed by atoms with Crippen molar-refractivity contribution in [2.24, 2.45) is 5.16 Å². The first kappa shape index (κ1) is 13.6. The van der Waals surface area contributed by atoms with Crippen molar-refractivity contribution >= 4 is 6.21 Å². The van der Waals surface area contributed by atoms with E-state index in [9.17, 15) is 0 Å². The molecule has 0 saturated heterocycles. The minimum Gasteiger partial charge on any atom is -0.496 e. The van der Waals surface area contributed by atoms with Crippen LogP contribution >= 0.6 is 0 Å². The summed E-state index contributed by atoms with van der Waals surface area (Å²) in [5.74, 6) is 0.765. The highest BCUT2D eigenvalue weighted by atomic mass is 16.6. The number of benzene rings is 2. The van der Waals surface area contributed by atoms with Gasteiger partial charge in [0.2, 0.25) is 0 Å². The molecule has 0 unspecified atom stereocenters. The zero-order chi connectivity index (χ0) is 14.2. The second kappa shape index (κ2) is 6.95. The van der Waals surface area contributed by atoms with E-state index in [4.69, 9.17) is 14.8 Å². The van der Waals surface area contributed by atoms with Gasteiger partial charge in [-0.15, -0.1) is 0 Å². The Kier molecular flexibility index (Phi) is 4.74. The first-order chi connectivity index (χ1) is 9.83. The average molecular weight is 265 g/mol. The third-order valence-corrected chi connectivity index (χ3v) is 2.67. The van der Waals surface area contributed by atoms with Crippen LogP contribution in [0.2, 0.25) is 0 Å². The molecule has 1 radical (unpaired) electrons. The lowest BCUT2D eigenvalue weighted by Gasteiger charge is -2.06. The summed E-state index contributed by atoms with van der Waals surface area (Å²) in [6, 6.07) is 16.6. The Morgan fingerprint density at radius 2 is 1.75 bits per heavy atom. The van der Waals surface area contributed by atoms with E-state index < -0.39 is 0 Å². The Bertz CT molecular complexity index is 628. The molecule has 0 amide bonds. The molecule has 0 bridgehead atoms. The van der Waals surface area contributed by atoms with Gasteiger partial charge in [-0.05, 0) is 18.2 Å². The van der Waals surface area contributed by atoms with Crippen LogP contribution in [-0.4, -0.2) is 13.3 Å². The first-order valence-electron chi connectivity index (χ1n) is 6.03. The zero-order valence-electron chi connectivity index (χ0n) is 11.0. The number of nitrogens with zero attached hydrogens (tertiary/aromatic N) is 2. The number of para-hydroxylation sites is 1. The molecule has 0 N–H and O–H groups in total. The average Bonchev–Trinajstić information content (AvgIpc) is 2.52. The van der Waals surface area contributed by atoms with Gasteiger partial charge < -0.3 is 9.57 Å². The molecule has 20 heavy (non-hydrogen) atoms. The van der Waals surface area contributed by atoms with Gasteiger partial charge in [-0.2, -0.15) is 5.26 Å². The lowest BCUT2D eigenvalue weighted by Crippen LogP contribution is -1.93. The van der Waals surface area contributed by atoms with E-state index in [1.165, 1.54) is 0 Å². The monoisotopic (exact) mass is 265 g/mol. The molecule has 2 aromatic rings. The van der Waals surface area contributed by atoms with E-state index in [0.29, 0.717) is 12.2 Å². The molecule has 0 fully saturated rings. The fourth-order valence-corrected chi connectivity index (χ4v) is 1.63. The van der Waals surface area contributed by atoms with Crippen molar-refractivity contribution in [2.75, 3.05) is 7.11 Å². The van der Waals surface area contributed by atoms with Gasteiger partial charge in [-0.25, -0.2) is 0 Å². The summed E-state index contributed by atoms with van der Waals surface area (Å²) in [5.41, 5.74) is 2.27. The maximum atomic E-state index is 8.69. The third-order valence-electron chi connectivity index (χ3n) is 2.67. The maximum Gasteiger partial charge on any atom is 0.145 e. The van der Waals surface area contributed by atoms with E-state index in [-0.39, 0.29) is 0 Å². The topological polar surface area (TPSA) is 54.6 Å². The second-order valence-corrected chi connectivity index (χ2v) is 3.98. The molecule has 99 valence electrons. The molecule has 2 aromatic carbocycles. The quantitative estimate of drug-likeness (QED) is 0.617. The molecule has 0 aliphatic heterocycles. The molecule has 0 saturated carbocycles. The molecule has 2 rings (SSSR count). The summed E-state index contributed by atoms with van der Waals surface area (Å²) in [4.78, 5) is 5.19. The van der Waals surface area contributed by atoms with Crippen LogP contribution in [0.15, 0.2) is 53.7 Å². The molecular formula is C16H13N2O2. The second-order valence-electron chi connectivity index (χ2n) is 3.98. The summed E-state index contributed by atoms with van der Waals surface area (Å²) >= 11 is 0. The van der Waals surface area contributed by atoms with Crippen LogP contribution in [0.5, 0.6) is 5.75 Å². The highest BCUT2D eigenvalue weighted by Gasteiger charge is 2.00. The largest absolute Gasteiger partial charge is 0.496 e. The van der Waals surface area contributed by atoms with Gasteiger partial charge in [0.05, 0.1) is 18.7 Å². The molecule has 0 spiro atoms. The Labute approximate surface area is 117 Å². The van der Waals surface area contributed by atoms with Crippen LogP contribution in [0.4, 0.5) is 0 Å². The van der Waals surface area contributed by atoms with Crippen LogP contribution in [0.1, 0.15) is 16.7 Å². The summed E-state index contributed by atoms with van der Waals surface area (Å²) in [6.45, 7) is 0.313. The Hall–Kier alpha value is -2.80. The molecule has 0 aliphatic rings. The molecule has 0 heterocycles. The van der Waals surface area contributed by atoms with Gasteiger partial charge in [0.25, 0.3) is 0 Å². The van der Waals surface area contributed by atoms with Gasteiger partial charge >= 0.3 is 0 Å². The number of rotatable bonds is 5. The Morgan fingerprint density at radius 1 is 1.05 bits per heavy atom. The normalized spacial score (nSPS) is 10.2. The van der Waals surface area contributed by atoms with Crippen molar-refractivity contribution in [2.45, 2.75) is 6.61 Å². The zero-order valence-corrected chi connectivity index (χ0v) is 11.0. The standard InChI is InChI=1S/C16H13N2O2/c1-19-16-5-3-2-4-15(16)12-20-18-11-14-8-6-13(10-17)7-9-14/h2-9H,12H2,1H3. The van der Waals surface area contributed by atoms with E-state index in [0.717, 1.165) is 16.9 Å². The van der Waals surface area contributed by atoms with Crippen LogP contribution in [0, 0.1) is 11.3 Å². The maximum absolute atomic E-state index is 8.69. The summed E-state index contributed by atoms with van der Waals surface area (Å²) in [6.07, 6.45) is 2.76. The van der Waals surface area contributed by atoms with E-state index in [1.54, 1.807) is 31.4 Å². The summed E-state index contributed by atoms with van der Waals surface area (Å²) in [7, 11) is 1.62. The van der Waals surface area contributed by atoms with Gasteiger partial charge in [-0.1, -0.05) is 35.5 Å². The van der Waals surface area contributed by atoms with Crippen molar-refractivity contribution in [3.63, 3.8) is 0 Å². The van der Waals surface area contributed by atoms with Crippen molar-refractivity contribution in [1.82, 2.24) is 0 Å². The van der Waals surface area contributed by atoms with Crippen molar-refractivity contribution in [3.05, 3.63) is 65.2 Å². The molecule has 0 aliphatic carbocycles. The molecular weight excluding hydrogens is 252 g/mol. The lowest BCUT2D eigenvalue weighted by atomic mass is 10.2. The van der Waals surface area contributed by atoms with Gasteiger partial charge in [0.1, 0.15) is 18.6 Å². The van der Waals surface area contributed by atoms with Crippen LogP contribution < -0.4 is 4.74 Å². The Balaban J connectivity index is 1.92. The fourth-order valence-electron chi connectivity index (χ4n) is 1.63. The highest BCUT2D eigenvalue weighted by molar-refractivity contribution is 5.79. The summed E-state index contributed by atoms with van der Waals surface area (Å²) < 4.78 is 5.21. The fraction of sp³-hybridized carbons (Fsp3) is 0.125. The minimum atomic E-state index is 0.313. The molecule has 0 aromatic heterocycles. The highest BCUT2D eigenvalue weighted by Crippen LogP contribution is 2.17. The molecule has 0 atom stereocenters. The van der Waals surface area contributed by atoms with Gasteiger partial charge in [0, 0.05) is 11.1 Å². The van der Waals surface area contributed by atoms with E-state index in [1.807, 2.05) is 24.3 Å². The van der Waals surface area contributed by atoms with Crippen LogP contribution in [-0.2, 0) is 11.4 Å². The number of methoxy groups -OCH3 is 1. The van der Waals surface area contributed by atoms with Gasteiger partial charge in [0.15, 0.2) is 0 Å². The van der Waals surface area contributed by atoms with Crippen molar-refractivity contribution in [1.29, 1.82) is 5.26 Å². The van der Waals surface area contributed by atoms with E-state index >= 15 is 0 Å². The minimum absolute atomic E-state index is 0.313. The Morgan fingerprint density at radius 3 is 2.45 bits per heavy atom. The lowest BCUT2D eigenvalue weighted by molar-refractivity contribution is 0.130. The van der Waals surface area contributed by atoms with Crippen LogP contribution in [0.25, 0.3) is 0 Å². The van der Waals surface area contributed by atoms with Crippen molar-refractivity contribution < 1.29 is 9.57 Å². The number of hydrogen-bond acceptors (Lipinski definition) is 4. The van der Waals surface area contributed by atoms with Crippen molar-refractivity contribution in [3.8, 4) is 11.8 Å². The SMILES string of the molecule is COc1ccccc1CO/N=[C]\c1ccc(C#N)cc1. The molecule has 4 heteroatoms. The van der Waals surface area contributed by atoms with E-state index in [2.05, 4.69) is 17.4 Å². The third kappa shape index (κ3) is 3.59. The van der Waals surface area contributed by atoms with Gasteiger partial charge in [-0.3, -0.25) is 0 Å².